The maximum absolute atomic E-state index is 13.4. The predicted octanol–water partition coefficient (Wildman–Crippen LogP) is 3.46. The minimum atomic E-state index is -1.31. The summed E-state index contributed by atoms with van der Waals surface area (Å²) in [6.45, 7) is 1.29. The van der Waals surface area contributed by atoms with E-state index in [1.165, 1.54) is 13.3 Å². The van der Waals surface area contributed by atoms with Crippen LogP contribution in [0.25, 0.3) is 0 Å². The number of aliphatic hydroxyl groups excluding tert-OH is 1. The van der Waals surface area contributed by atoms with Gasteiger partial charge < -0.3 is 9.84 Å². The summed E-state index contributed by atoms with van der Waals surface area (Å²) in [6.07, 6.45) is 7.55. The van der Waals surface area contributed by atoms with Gasteiger partial charge in [0.15, 0.2) is 5.78 Å². The van der Waals surface area contributed by atoms with Gasteiger partial charge in [-0.2, -0.15) is 0 Å². The van der Waals surface area contributed by atoms with Gasteiger partial charge in [-0.3, -0.25) is 9.59 Å². The molecule has 5 heteroatoms. The third-order valence-corrected chi connectivity index (χ3v) is 6.01. The molecule has 1 fully saturated rings. The summed E-state index contributed by atoms with van der Waals surface area (Å²) in [5.74, 6) is 1.30. The van der Waals surface area contributed by atoms with Crippen LogP contribution in [0.2, 0.25) is 0 Å². The van der Waals surface area contributed by atoms with E-state index in [1.54, 1.807) is 30.2 Å². The summed E-state index contributed by atoms with van der Waals surface area (Å²) in [7, 11) is 0. The van der Waals surface area contributed by atoms with Crippen LogP contribution in [0.3, 0.4) is 0 Å². The highest BCUT2D eigenvalue weighted by Crippen LogP contribution is 2.50. The summed E-state index contributed by atoms with van der Waals surface area (Å²) >= 11 is 0. The second-order valence-corrected chi connectivity index (χ2v) is 7.68. The summed E-state index contributed by atoms with van der Waals surface area (Å²) in [4.78, 5) is 36.2. The summed E-state index contributed by atoms with van der Waals surface area (Å²) in [5, 5.41) is 10.7. The van der Waals surface area contributed by atoms with Gasteiger partial charge in [0, 0.05) is 18.4 Å². The molecule has 1 aromatic carbocycles. The molecule has 144 valence electrons. The SMILES string of the molecule is CC(=O)Oc1cccc2c1C(=O)C1=C(C=CC(=C=O)C1O)C2C1CCCCC1. The Morgan fingerprint density at radius 1 is 1.18 bits per heavy atom. The first kappa shape index (κ1) is 18.6. The van der Waals surface area contributed by atoms with Crippen molar-refractivity contribution in [1.29, 1.82) is 0 Å². The summed E-state index contributed by atoms with van der Waals surface area (Å²) in [5.41, 5.74) is 2.19. The van der Waals surface area contributed by atoms with Gasteiger partial charge in [0.2, 0.25) is 0 Å². The zero-order chi connectivity index (χ0) is 19.8. The summed E-state index contributed by atoms with van der Waals surface area (Å²) < 4.78 is 5.32. The van der Waals surface area contributed by atoms with E-state index in [0.717, 1.165) is 36.8 Å². The number of ether oxygens (including phenoxy) is 1. The molecule has 0 heterocycles. The normalized spacial score (nSPS) is 24.5. The zero-order valence-corrected chi connectivity index (χ0v) is 15.7. The van der Waals surface area contributed by atoms with Crippen LogP contribution in [-0.4, -0.2) is 28.9 Å². The lowest BCUT2D eigenvalue weighted by Crippen LogP contribution is -2.33. The fourth-order valence-electron chi connectivity index (χ4n) is 4.86. The van der Waals surface area contributed by atoms with E-state index in [2.05, 4.69) is 0 Å². The number of rotatable bonds is 2. The Labute approximate surface area is 163 Å². The van der Waals surface area contributed by atoms with Gasteiger partial charge in [0.25, 0.3) is 0 Å². The molecule has 0 amide bonds. The molecule has 28 heavy (non-hydrogen) atoms. The number of fused-ring (bicyclic) bond motifs is 1. The van der Waals surface area contributed by atoms with Gasteiger partial charge in [-0.25, -0.2) is 4.79 Å². The third kappa shape index (κ3) is 2.97. The molecule has 0 spiro atoms. The first-order chi connectivity index (χ1) is 13.5. The van der Waals surface area contributed by atoms with Crippen LogP contribution >= 0.6 is 0 Å². The maximum atomic E-state index is 13.4. The Kier molecular flexibility index (Phi) is 4.88. The van der Waals surface area contributed by atoms with E-state index in [-0.39, 0.29) is 22.8 Å². The lowest BCUT2D eigenvalue weighted by molar-refractivity contribution is -0.131. The molecule has 0 saturated heterocycles. The van der Waals surface area contributed by atoms with Crippen molar-refractivity contribution in [1.82, 2.24) is 0 Å². The van der Waals surface area contributed by atoms with Crippen LogP contribution in [0.5, 0.6) is 5.75 Å². The second kappa shape index (κ2) is 7.34. The van der Waals surface area contributed by atoms with E-state index in [4.69, 9.17) is 4.74 Å². The number of allylic oxidation sites excluding steroid dienone is 2. The average molecular weight is 378 g/mol. The van der Waals surface area contributed by atoms with Crippen molar-refractivity contribution in [3.63, 3.8) is 0 Å². The molecular weight excluding hydrogens is 356 g/mol. The molecule has 3 aliphatic carbocycles. The number of benzene rings is 1. The van der Waals surface area contributed by atoms with E-state index in [9.17, 15) is 19.5 Å². The van der Waals surface area contributed by atoms with Crippen molar-refractivity contribution in [2.24, 2.45) is 5.92 Å². The van der Waals surface area contributed by atoms with Crippen LogP contribution in [0.4, 0.5) is 0 Å². The number of Topliss-reactive ketones (excluding diaryl/α,β-unsaturated/α-hetero) is 1. The highest BCUT2D eigenvalue weighted by atomic mass is 16.5. The Morgan fingerprint density at radius 2 is 1.93 bits per heavy atom. The van der Waals surface area contributed by atoms with Gasteiger partial charge in [0.05, 0.1) is 11.1 Å². The zero-order valence-electron chi connectivity index (χ0n) is 15.7. The van der Waals surface area contributed by atoms with Crippen LogP contribution in [0.15, 0.2) is 47.1 Å². The topological polar surface area (TPSA) is 80.7 Å². The van der Waals surface area contributed by atoms with Gasteiger partial charge in [-0.1, -0.05) is 37.5 Å². The highest BCUT2D eigenvalue weighted by Gasteiger charge is 2.42. The van der Waals surface area contributed by atoms with Crippen molar-refractivity contribution in [3.05, 3.63) is 58.2 Å². The number of carbonyl (C=O) groups is 2. The fourth-order valence-corrected chi connectivity index (χ4v) is 4.86. The predicted molar refractivity (Wildman–Crippen MR) is 103 cm³/mol. The van der Waals surface area contributed by atoms with Crippen molar-refractivity contribution in [3.8, 4) is 5.75 Å². The van der Waals surface area contributed by atoms with Gasteiger partial charge in [-0.15, -0.1) is 0 Å². The van der Waals surface area contributed by atoms with Crippen LogP contribution in [0.1, 0.15) is 60.9 Å². The monoisotopic (exact) mass is 378 g/mol. The van der Waals surface area contributed by atoms with E-state index >= 15 is 0 Å². The molecule has 0 radical (unpaired) electrons. The Bertz CT molecular complexity index is 955. The van der Waals surface area contributed by atoms with Gasteiger partial charge >= 0.3 is 5.97 Å². The molecule has 1 saturated carbocycles. The molecule has 0 bridgehead atoms. The standard InChI is InChI=1S/C23H22O5/c1-13(25)28-18-9-5-8-16-19(14-6-3-2-4-7-14)17-11-10-15(12-24)22(26)21(17)23(27)20(16)18/h5,8-11,14,19,22,26H,2-4,6-7H2,1H3. The average Bonchev–Trinajstić information content (AvgIpc) is 2.68. The molecule has 4 rings (SSSR count). The van der Waals surface area contributed by atoms with Crippen molar-refractivity contribution in [2.75, 3.05) is 0 Å². The van der Waals surface area contributed by atoms with Crippen molar-refractivity contribution in [2.45, 2.75) is 51.0 Å². The number of esters is 1. The quantitative estimate of drug-likeness (QED) is 0.484. The van der Waals surface area contributed by atoms with E-state index in [1.807, 2.05) is 6.07 Å². The fraction of sp³-hybridized carbons (Fsp3) is 0.391. The number of hydrogen-bond donors (Lipinski definition) is 1. The first-order valence-electron chi connectivity index (χ1n) is 9.74. The van der Waals surface area contributed by atoms with Gasteiger partial charge in [0.1, 0.15) is 17.8 Å². The minimum absolute atomic E-state index is 0.0444. The number of ketones is 1. The minimum Gasteiger partial charge on any atom is -0.426 e. The molecular formula is C23H22O5. The smallest absolute Gasteiger partial charge is 0.308 e. The van der Waals surface area contributed by atoms with Crippen molar-refractivity contribution >= 4 is 17.7 Å². The molecule has 3 aliphatic rings. The maximum Gasteiger partial charge on any atom is 0.308 e. The molecule has 2 unspecified atom stereocenters. The largest absolute Gasteiger partial charge is 0.426 e. The highest BCUT2D eigenvalue weighted by molar-refractivity contribution is 6.15. The summed E-state index contributed by atoms with van der Waals surface area (Å²) in [6, 6.07) is 5.31. The molecule has 0 aromatic heterocycles. The second-order valence-electron chi connectivity index (χ2n) is 7.68. The van der Waals surface area contributed by atoms with Crippen molar-refractivity contribution < 1.29 is 24.2 Å². The van der Waals surface area contributed by atoms with Crippen LogP contribution in [-0.2, 0) is 9.59 Å². The molecule has 5 nitrogen and oxygen atoms in total. The van der Waals surface area contributed by atoms with Gasteiger partial charge in [-0.05, 0) is 42.0 Å². The lowest BCUT2D eigenvalue weighted by Gasteiger charge is -2.38. The Morgan fingerprint density at radius 3 is 2.61 bits per heavy atom. The van der Waals surface area contributed by atoms with Crippen LogP contribution in [0, 0.1) is 5.92 Å². The third-order valence-electron chi connectivity index (χ3n) is 6.01. The van der Waals surface area contributed by atoms with Crippen LogP contribution < -0.4 is 4.74 Å². The molecule has 1 aromatic rings. The van der Waals surface area contributed by atoms with E-state index in [0.29, 0.717) is 11.5 Å². The first-order valence-corrected chi connectivity index (χ1v) is 9.74. The number of aliphatic hydroxyl groups is 1. The Balaban J connectivity index is 1.93. The molecule has 2 atom stereocenters. The molecule has 1 N–H and O–H groups in total. The van der Waals surface area contributed by atoms with E-state index < -0.39 is 17.9 Å². The Hall–Kier alpha value is -2.75. The number of carbonyl (C=O) groups excluding carboxylic acids is 3. The number of hydrogen-bond acceptors (Lipinski definition) is 5. The molecule has 0 aliphatic heterocycles. The lowest BCUT2D eigenvalue weighted by atomic mass is 9.65.